The Morgan fingerprint density at radius 3 is 2.84 bits per heavy atom. The number of ether oxygens (including phenoxy) is 1. The average molecular weight is 266 g/mol. The first-order valence-corrected chi connectivity index (χ1v) is 6.09. The maximum Gasteiger partial charge on any atom is 0.338 e. The van der Waals surface area contributed by atoms with Crippen molar-refractivity contribution in [2.75, 3.05) is 19.0 Å². The lowest BCUT2D eigenvalue weighted by Crippen LogP contribution is -2.23. The molecule has 1 unspecified atom stereocenters. The Balaban J connectivity index is 2.66. The van der Waals surface area contributed by atoms with Crippen molar-refractivity contribution >= 4 is 17.8 Å². The maximum absolute atomic E-state index is 11.3. The van der Waals surface area contributed by atoms with E-state index < -0.39 is 17.9 Å². The fraction of sp³-hybridized carbons (Fsp3) is 0.462. The molecule has 6 heteroatoms. The molecule has 104 valence electrons. The number of rotatable bonds is 7. The van der Waals surface area contributed by atoms with Crippen molar-refractivity contribution in [2.45, 2.75) is 19.8 Å². The Kier molecular flexibility index (Phi) is 5.78. The Morgan fingerprint density at radius 1 is 1.53 bits per heavy atom. The molecule has 0 fully saturated rings. The third kappa shape index (κ3) is 4.57. The zero-order valence-corrected chi connectivity index (χ0v) is 11.0. The minimum Gasteiger partial charge on any atom is -0.481 e. The number of anilines is 1. The minimum absolute atomic E-state index is 0.279. The van der Waals surface area contributed by atoms with Crippen LogP contribution in [0.1, 0.15) is 30.1 Å². The molecule has 0 saturated carbocycles. The van der Waals surface area contributed by atoms with Gasteiger partial charge in [-0.25, -0.2) is 9.78 Å². The van der Waals surface area contributed by atoms with Gasteiger partial charge in [-0.1, -0.05) is 13.3 Å². The van der Waals surface area contributed by atoms with Crippen LogP contribution in [0, 0.1) is 5.92 Å². The van der Waals surface area contributed by atoms with Gasteiger partial charge in [-0.05, 0) is 18.6 Å². The molecular formula is C13H18N2O4. The van der Waals surface area contributed by atoms with Crippen LogP contribution >= 0.6 is 0 Å². The third-order valence-corrected chi connectivity index (χ3v) is 2.70. The number of esters is 1. The van der Waals surface area contributed by atoms with Gasteiger partial charge in [0.05, 0.1) is 18.6 Å². The van der Waals surface area contributed by atoms with E-state index in [1.54, 1.807) is 0 Å². The predicted molar refractivity (Wildman–Crippen MR) is 70.1 cm³/mol. The zero-order valence-electron chi connectivity index (χ0n) is 11.0. The predicted octanol–water partition coefficient (Wildman–Crippen LogP) is 1.78. The molecule has 1 rings (SSSR count). The molecule has 1 heterocycles. The van der Waals surface area contributed by atoms with Gasteiger partial charge in [-0.2, -0.15) is 0 Å². The highest BCUT2D eigenvalue weighted by Gasteiger charge is 2.16. The number of nitrogens with zero attached hydrogens (tertiary/aromatic N) is 1. The first kappa shape index (κ1) is 14.9. The van der Waals surface area contributed by atoms with Gasteiger partial charge < -0.3 is 15.2 Å². The molecule has 19 heavy (non-hydrogen) atoms. The number of carboxylic acids is 1. The Morgan fingerprint density at radius 2 is 2.26 bits per heavy atom. The van der Waals surface area contributed by atoms with Crippen LogP contribution < -0.4 is 5.32 Å². The summed E-state index contributed by atoms with van der Waals surface area (Å²) < 4.78 is 4.61. The van der Waals surface area contributed by atoms with Crippen molar-refractivity contribution in [3.63, 3.8) is 0 Å². The van der Waals surface area contributed by atoms with E-state index in [1.165, 1.54) is 25.4 Å². The fourth-order valence-corrected chi connectivity index (χ4v) is 1.66. The largest absolute Gasteiger partial charge is 0.481 e. The lowest BCUT2D eigenvalue weighted by Gasteiger charge is -2.13. The molecule has 0 saturated heterocycles. The van der Waals surface area contributed by atoms with Crippen LogP contribution in [0.5, 0.6) is 0 Å². The number of carboxylic acid groups (broad SMARTS) is 1. The number of pyridine rings is 1. The summed E-state index contributed by atoms with van der Waals surface area (Å²) in [5.41, 5.74) is 0.377. The van der Waals surface area contributed by atoms with Crippen molar-refractivity contribution in [3.05, 3.63) is 23.9 Å². The van der Waals surface area contributed by atoms with Crippen LogP contribution in [0.4, 0.5) is 5.82 Å². The van der Waals surface area contributed by atoms with E-state index in [0.717, 1.165) is 6.42 Å². The van der Waals surface area contributed by atoms with Gasteiger partial charge in [-0.3, -0.25) is 4.79 Å². The number of nitrogens with one attached hydrogen (secondary N) is 1. The van der Waals surface area contributed by atoms with E-state index in [2.05, 4.69) is 15.0 Å². The van der Waals surface area contributed by atoms with Gasteiger partial charge in [0.15, 0.2) is 0 Å². The van der Waals surface area contributed by atoms with Crippen LogP contribution in [0.3, 0.4) is 0 Å². The highest BCUT2D eigenvalue weighted by Crippen LogP contribution is 2.11. The van der Waals surface area contributed by atoms with Crippen LogP contribution in [-0.2, 0) is 9.53 Å². The molecule has 0 aliphatic carbocycles. The third-order valence-electron chi connectivity index (χ3n) is 2.70. The van der Waals surface area contributed by atoms with Gasteiger partial charge in [0.25, 0.3) is 0 Å². The summed E-state index contributed by atoms with van der Waals surface area (Å²) in [5, 5.41) is 12.0. The molecular weight excluding hydrogens is 248 g/mol. The van der Waals surface area contributed by atoms with E-state index in [9.17, 15) is 9.59 Å². The van der Waals surface area contributed by atoms with Gasteiger partial charge in [0.1, 0.15) is 5.82 Å². The normalized spacial score (nSPS) is 11.7. The fourth-order valence-electron chi connectivity index (χ4n) is 1.66. The average Bonchev–Trinajstić information content (AvgIpc) is 2.42. The molecule has 0 bridgehead atoms. The van der Waals surface area contributed by atoms with E-state index in [0.29, 0.717) is 17.8 Å². The van der Waals surface area contributed by atoms with E-state index >= 15 is 0 Å². The second-order valence-corrected chi connectivity index (χ2v) is 4.13. The van der Waals surface area contributed by atoms with Gasteiger partial charge in [-0.15, -0.1) is 0 Å². The van der Waals surface area contributed by atoms with Crippen molar-refractivity contribution in [3.8, 4) is 0 Å². The molecule has 0 spiro atoms. The second-order valence-electron chi connectivity index (χ2n) is 4.13. The standard InChI is InChI=1S/C13H18N2O4/c1-3-4-10(12(16)17)8-15-11-7-9(5-6-14-11)13(18)19-2/h5-7,10H,3-4,8H2,1-2H3,(H,14,15)(H,16,17). The number of aromatic nitrogens is 1. The van der Waals surface area contributed by atoms with Crippen molar-refractivity contribution in [1.82, 2.24) is 4.98 Å². The quantitative estimate of drug-likeness (QED) is 0.731. The Hall–Kier alpha value is -2.11. The Labute approximate surface area is 111 Å². The topological polar surface area (TPSA) is 88.5 Å². The SMILES string of the molecule is CCCC(CNc1cc(C(=O)OC)ccn1)C(=O)O. The minimum atomic E-state index is -0.835. The lowest BCUT2D eigenvalue weighted by molar-refractivity contribution is -0.141. The van der Waals surface area contributed by atoms with Crippen molar-refractivity contribution in [2.24, 2.45) is 5.92 Å². The molecule has 1 aromatic heterocycles. The number of hydrogen-bond acceptors (Lipinski definition) is 5. The first-order chi connectivity index (χ1) is 9.08. The number of carbonyl (C=O) groups excluding carboxylic acids is 1. The first-order valence-electron chi connectivity index (χ1n) is 6.09. The summed E-state index contributed by atoms with van der Waals surface area (Å²) in [7, 11) is 1.30. The number of hydrogen-bond donors (Lipinski definition) is 2. The van der Waals surface area contributed by atoms with Crippen LogP contribution in [0.15, 0.2) is 18.3 Å². The molecule has 0 aliphatic heterocycles. The smallest absolute Gasteiger partial charge is 0.338 e. The van der Waals surface area contributed by atoms with Gasteiger partial charge in [0.2, 0.25) is 0 Å². The van der Waals surface area contributed by atoms with Crippen LogP contribution in [0.25, 0.3) is 0 Å². The van der Waals surface area contributed by atoms with Crippen LogP contribution in [0.2, 0.25) is 0 Å². The molecule has 1 atom stereocenters. The monoisotopic (exact) mass is 266 g/mol. The molecule has 6 nitrogen and oxygen atoms in total. The lowest BCUT2D eigenvalue weighted by atomic mass is 10.0. The highest BCUT2D eigenvalue weighted by molar-refractivity contribution is 5.90. The summed E-state index contributed by atoms with van der Waals surface area (Å²) in [6, 6.07) is 3.08. The van der Waals surface area contributed by atoms with Crippen LogP contribution in [-0.4, -0.2) is 35.7 Å². The summed E-state index contributed by atoms with van der Waals surface area (Å²) in [5.74, 6) is -1.29. The summed E-state index contributed by atoms with van der Waals surface area (Å²) in [4.78, 5) is 26.4. The molecule has 0 amide bonds. The molecule has 0 aliphatic rings. The summed E-state index contributed by atoms with van der Waals surface area (Å²) in [6.45, 7) is 2.22. The molecule has 2 N–H and O–H groups in total. The van der Waals surface area contributed by atoms with E-state index in [-0.39, 0.29) is 6.54 Å². The molecule has 0 aromatic carbocycles. The number of carbonyl (C=O) groups is 2. The van der Waals surface area contributed by atoms with Gasteiger partial charge in [0, 0.05) is 12.7 Å². The number of aliphatic carboxylic acids is 1. The van der Waals surface area contributed by atoms with E-state index in [4.69, 9.17) is 5.11 Å². The van der Waals surface area contributed by atoms with E-state index in [1.807, 2.05) is 6.92 Å². The summed E-state index contributed by atoms with van der Waals surface area (Å²) >= 11 is 0. The number of methoxy groups -OCH3 is 1. The highest BCUT2D eigenvalue weighted by atomic mass is 16.5. The van der Waals surface area contributed by atoms with Crippen molar-refractivity contribution < 1.29 is 19.4 Å². The van der Waals surface area contributed by atoms with Gasteiger partial charge >= 0.3 is 11.9 Å². The zero-order chi connectivity index (χ0) is 14.3. The molecule has 1 aromatic rings. The maximum atomic E-state index is 11.3. The van der Waals surface area contributed by atoms with Crippen molar-refractivity contribution in [1.29, 1.82) is 0 Å². The Bertz CT molecular complexity index is 448. The summed E-state index contributed by atoms with van der Waals surface area (Å²) in [6.07, 6.45) is 2.87. The second kappa shape index (κ2) is 7.35. The molecule has 0 radical (unpaired) electrons.